The summed E-state index contributed by atoms with van der Waals surface area (Å²) in [6.45, 7) is 6.29. The summed E-state index contributed by atoms with van der Waals surface area (Å²) in [5, 5.41) is 6.96. The highest BCUT2D eigenvalue weighted by atomic mass is 16.5. The van der Waals surface area contributed by atoms with E-state index in [1.807, 2.05) is 26.8 Å². The fourth-order valence-corrected chi connectivity index (χ4v) is 2.25. The Kier molecular flexibility index (Phi) is 3.92. The molecule has 1 N–H and O–H groups in total. The molecule has 0 saturated heterocycles. The topological polar surface area (TPSA) is 81.4 Å². The Labute approximate surface area is 133 Å². The molecular formula is C16H17N5O2. The summed E-state index contributed by atoms with van der Waals surface area (Å²) in [6, 6.07) is 9.02. The van der Waals surface area contributed by atoms with Crippen LogP contribution in [0.5, 0.6) is 5.75 Å². The van der Waals surface area contributed by atoms with Crippen molar-refractivity contribution in [3.05, 3.63) is 47.5 Å². The number of nitrogens with zero attached hydrogens (tertiary/aromatic N) is 4. The highest BCUT2D eigenvalue weighted by Gasteiger charge is 2.15. The number of carbonyl (C=O) groups excluding carboxylic acids is 1. The molecule has 0 fully saturated rings. The summed E-state index contributed by atoms with van der Waals surface area (Å²) in [5.74, 6) is 0.878. The third-order valence-corrected chi connectivity index (χ3v) is 3.24. The summed E-state index contributed by atoms with van der Waals surface area (Å²) in [4.78, 5) is 20.7. The van der Waals surface area contributed by atoms with Gasteiger partial charge in [0.15, 0.2) is 0 Å². The summed E-state index contributed by atoms with van der Waals surface area (Å²) < 4.78 is 6.92. The van der Waals surface area contributed by atoms with Gasteiger partial charge >= 0.3 is 0 Å². The van der Waals surface area contributed by atoms with Gasteiger partial charge in [-0.2, -0.15) is 4.98 Å². The number of hydrogen-bond acceptors (Lipinski definition) is 5. The number of hydrogen-bond donors (Lipinski definition) is 1. The maximum Gasteiger partial charge on any atom is 0.295 e. The van der Waals surface area contributed by atoms with Crippen LogP contribution in [0.25, 0.3) is 5.78 Å². The van der Waals surface area contributed by atoms with Crippen molar-refractivity contribution >= 4 is 17.4 Å². The van der Waals surface area contributed by atoms with Crippen LogP contribution < -0.4 is 10.1 Å². The number of carbonyl (C=O) groups is 1. The number of aromatic nitrogens is 4. The molecule has 0 atom stereocenters. The quantitative estimate of drug-likeness (QED) is 0.800. The molecule has 2 aromatic heterocycles. The lowest BCUT2D eigenvalue weighted by molar-refractivity contribution is 0.101. The second-order valence-electron chi connectivity index (χ2n) is 5.10. The highest BCUT2D eigenvalue weighted by molar-refractivity contribution is 6.01. The predicted octanol–water partition coefficient (Wildman–Crippen LogP) is 2.39. The van der Waals surface area contributed by atoms with E-state index in [4.69, 9.17) is 4.74 Å². The van der Waals surface area contributed by atoms with E-state index in [0.717, 1.165) is 17.1 Å². The Bertz CT molecular complexity index is 855. The normalized spacial score (nSPS) is 10.7. The number of rotatable bonds is 4. The van der Waals surface area contributed by atoms with E-state index >= 15 is 0 Å². The first-order valence-electron chi connectivity index (χ1n) is 7.32. The van der Waals surface area contributed by atoms with Crippen LogP contribution in [0.15, 0.2) is 30.3 Å². The molecule has 2 heterocycles. The fraction of sp³-hybridized carbons (Fsp3) is 0.250. The van der Waals surface area contributed by atoms with Crippen molar-refractivity contribution in [2.45, 2.75) is 20.8 Å². The van der Waals surface area contributed by atoms with Crippen LogP contribution in [0.3, 0.4) is 0 Å². The van der Waals surface area contributed by atoms with Crippen LogP contribution in [0.4, 0.5) is 5.69 Å². The monoisotopic (exact) mass is 311 g/mol. The lowest BCUT2D eigenvalue weighted by Gasteiger charge is -2.05. The van der Waals surface area contributed by atoms with Crippen molar-refractivity contribution in [3.63, 3.8) is 0 Å². The minimum Gasteiger partial charge on any atom is -0.494 e. The molecule has 7 heteroatoms. The first-order valence-corrected chi connectivity index (χ1v) is 7.32. The zero-order valence-corrected chi connectivity index (χ0v) is 13.2. The first-order chi connectivity index (χ1) is 11.1. The van der Waals surface area contributed by atoms with E-state index in [-0.39, 0.29) is 11.7 Å². The second kappa shape index (κ2) is 6.04. The molecule has 3 rings (SSSR count). The van der Waals surface area contributed by atoms with Crippen molar-refractivity contribution < 1.29 is 9.53 Å². The van der Waals surface area contributed by atoms with Crippen LogP contribution >= 0.6 is 0 Å². The molecule has 0 spiro atoms. The number of anilines is 1. The van der Waals surface area contributed by atoms with Gasteiger partial charge < -0.3 is 10.1 Å². The number of fused-ring (bicyclic) bond motifs is 1. The third kappa shape index (κ3) is 3.13. The smallest absolute Gasteiger partial charge is 0.295 e. The summed E-state index contributed by atoms with van der Waals surface area (Å²) in [7, 11) is 0. The first kappa shape index (κ1) is 15.0. The summed E-state index contributed by atoms with van der Waals surface area (Å²) in [5.41, 5.74) is 2.36. The molecule has 1 aromatic carbocycles. The summed E-state index contributed by atoms with van der Waals surface area (Å²) in [6.07, 6.45) is 0. The van der Waals surface area contributed by atoms with Crippen molar-refractivity contribution in [1.82, 2.24) is 19.6 Å². The van der Waals surface area contributed by atoms with Crippen molar-refractivity contribution in [3.8, 4) is 5.75 Å². The maximum atomic E-state index is 12.3. The number of aryl methyl sites for hydroxylation is 2. The second-order valence-corrected chi connectivity index (χ2v) is 5.10. The Morgan fingerprint density at radius 1 is 1.22 bits per heavy atom. The number of amides is 1. The minimum atomic E-state index is -0.378. The van der Waals surface area contributed by atoms with Gasteiger partial charge in [0, 0.05) is 17.1 Å². The van der Waals surface area contributed by atoms with Crippen LogP contribution in [-0.4, -0.2) is 32.1 Å². The van der Waals surface area contributed by atoms with E-state index < -0.39 is 0 Å². The van der Waals surface area contributed by atoms with Gasteiger partial charge in [-0.3, -0.25) is 4.79 Å². The lowest BCUT2D eigenvalue weighted by Crippen LogP contribution is -2.14. The zero-order chi connectivity index (χ0) is 16.4. The van der Waals surface area contributed by atoms with Crippen LogP contribution in [0, 0.1) is 13.8 Å². The van der Waals surface area contributed by atoms with Gasteiger partial charge in [0.2, 0.25) is 5.82 Å². The van der Waals surface area contributed by atoms with E-state index in [1.54, 1.807) is 28.8 Å². The molecule has 0 unspecified atom stereocenters. The molecule has 118 valence electrons. The van der Waals surface area contributed by atoms with Crippen molar-refractivity contribution in [2.24, 2.45) is 0 Å². The largest absolute Gasteiger partial charge is 0.494 e. The predicted molar refractivity (Wildman–Crippen MR) is 85.8 cm³/mol. The molecule has 23 heavy (non-hydrogen) atoms. The Morgan fingerprint density at radius 3 is 2.65 bits per heavy atom. The molecule has 3 aromatic rings. The van der Waals surface area contributed by atoms with Crippen LogP contribution in [0.1, 0.15) is 28.9 Å². The average molecular weight is 311 g/mol. The standard InChI is InChI=1S/C16H17N5O2/c1-4-23-13-7-5-12(6-8-13)18-15(22)14-19-16-17-10(2)9-11(3)21(16)20-14/h5-9H,4H2,1-3H3,(H,18,22). The van der Waals surface area contributed by atoms with E-state index in [1.165, 1.54) is 0 Å². The highest BCUT2D eigenvalue weighted by Crippen LogP contribution is 2.16. The molecule has 7 nitrogen and oxygen atoms in total. The maximum absolute atomic E-state index is 12.3. The van der Waals surface area contributed by atoms with E-state index in [0.29, 0.717) is 18.1 Å². The fourth-order valence-electron chi connectivity index (χ4n) is 2.25. The average Bonchev–Trinajstić information content (AvgIpc) is 2.94. The van der Waals surface area contributed by atoms with Gasteiger partial charge in [-0.15, -0.1) is 5.10 Å². The van der Waals surface area contributed by atoms with Gasteiger partial charge in [-0.05, 0) is 51.1 Å². The lowest BCUT2D eigenvalue weighted by atomic mass is 10.3. The molecule has 0 bridgehead atoms. The Balaban J connectivity index is 1.81. The van der Waals surface area contributed by atoms with Gasteiger partial charge in [-0.1, -0.05) is 0 Å². The molecule has 0 saturated carbocycles. The third-order valence-electron chi connectivity index (χ3n) is 3.24. The Morgan fingerprint density at radius 2 is 1.96 bits per heavy atom. The molecule has 1 amide bonds. The number of ether oxygens (including phenoxy) is 1. The molecule has 0 aliphatic rings. The molecule has 0 aliphatic carbocycles. The molecule has 0 aliphatic heterocycles. The molecular weight excluding hydrogens is 294 g/mol. The van der Waals surface area contributed by atoms with Crippen LogP contribution in [0.2, 0.25) is 0 Å². The Hall–Kier alpha value is -2.96. The number of nitrogens with one attached hydrogen (secondary N) is 1. The van der Waals surface area contributed by atoms with Gasteiger partial charge in [-0.25, -0.2) is 9.50 Å². The van der Waals surface area contributed by atoms with E-state index in [9.17, 15) is 4.79 Å². The van der Waals surface area contributed by atoms with E-state index in [2.05, 4.69) is 20.4 Å². The van der Waals surface area contributed by atoms with Gasteiger partial charge in [0.25, 0.3) is 11.7 Å². The SMILES string of the molecule is CCOc1ccc(NC(=O)c2nc3nc(C)cc(C)n3n2)cc1. The molecule has 0 radical (unpaired) electrons. The van der Waals surface area contributed by atoms with Crippen LogP contribution in [-0.2, 0) is 0 Å². The van der Waals surface area contributed by atoms with Crippen molar-refractivity contribution in [1.29, 1.82) is 0 Å². The van der Waals surface area contributed by atoms with Crippen molar-refractivity contribution in [2.75, 3.05) is 11.9 Å². The number of benzene rings is 1. The zero-order valence-electron chi connectivity index (χ0n) is 13.2. The summed E-state index contributed by atoms with van der Waals surface area (Å²) >= 11 is 0. The van der Waals surface area contributed by atoms with Gasteiger partial charge in [0.05, 0.1) is 6.61 Å². The van der Waals surface area contributed by atoms with Gasteiger partial charge in [0.1, 0.15) is 5.75 Å². The minimum absolute atomic E-state index is 0.0834.